The van der Waals surface area contributed by atoms with Crippen molar-refractivity contribution in [1.82, 2.24) is 9.80 Å². The number of imide groups is 1. The van der Waals surface area contributed by atoms with Crippen LogP contribution in [0.25, 0.3) is 0 Å². The second-order valence-electron chi connectivity index (χ2n) is 9.16. The topological polar surface area (TPSA) is 96.4 Å². The molecule has 3 amide bonds. The highest BCUT2D eigenvalue weighted by Gasteiger charge is 2.43. The Labute approximate surface area is 167 Å². The van der Waals surface area contributed by atoms with E-state index >= 15 is 0 Å². The molecular formula is C20H34N2O6. The number of hydrogen-bond donors (Lipinski definition) is 1. The average Bonchev–Trinajstić information content (AvgIpc) is 2.94. The van der Waals surface area contributed by atoms with Gasteiger partial charge < -0.3 is 14.6 Å². The third kappa shape index (κ3) is 5.16. The van der Waals surface area contributed by atoms with Crippen LogP contribution in [0.2, 0.25) is 0 Å². The van der Waals surface area contributed by atoms with Gasteiger partial charge in [0.1, 0.15) is 12.2 Å². The molecule has 2 aliphatic rings. The van der Waals surface area contributed by atoms with Crippen molar-refractivity contribution in [2.75, 3.05) is 6.61 Å². The lowest BCUT2D eigenvalue weighted by Crippen LogP contribution is -2.56. The van der Waals surface area contributed by atoms with Gasteiger partial charge in [0.05, 0.1) is 24.6 Å². The molecule has 0 unspecified atom stereocenters. The van der Waals surface area contributed by atoms with Crippen molar-refractivity contribution in [2.45, 2.75) is 97.1 Å². The van der Waals surface area contributed by atoms with E-state index < -0.39 is 35.8 Å². The fraction of sp³-hybridized carbons (Fsp3) is 0.850. The summed E-state index contributed by atoms with van der Waals surface area (Å²) in [5.41, 5.74) is -0.649. The van der Waals surface area contributed by atoms with Gasteiger partial charge in [-0.2, -0.15) is 0 Å². The number of cyclic esters (lactones) is 1. The predicted molar refractivity (Wildman–Crippen MR) is 103 cm³/mol. The minimum absolute atomic E-state index is 0.0560. The maximum absolute atomic E-state index is 12.7. The Balaban J connectivity index is 2.11. The third-order valence-electron chi connectivity index (χ3n) is 5.33. The average molecular weight is 399 g/mol. The zero-order valence-electron chi connectivity index (χ0n) is 17.8. The first-order chi connectivity index (χ1) is 12.9. The first-order valence-corrected chi connectivity index (χ1v) is 10.1. The van der Waals surface area contributed by atoms with Crippen LogP contribution in [0.4, 0.5) is 9.59 Å². The van der Waals surface area contributed by atoms with E-state index in [1.165, 1.54) is 0 Å². The predicted octanol–water partition coefficient (Wildman–Crippen LogP) is 2.92. The second kappa shape index (κ2) is 8.68. The van der Waals surface area contributed by atoms with Gasteiger partial charge >= 0.3 is 12.2 Å². The Bertz CT molecular complexity index is 600. The molecule has 2 fully saturated rings. The van der Waals surface area contributed by atoms with Gasteiger partial charge in [-0.3, -0.25) is 9.69 Å². The van der Waals surface area contributed by atoms with Crippen molar-refractivity contribution in [1.29, 1.82) is 0 Å². The Morgan fingerprint density at radius 3 is 2.46 bits per heavy atom. The number of aliphatic hydroxyl groups excluding tert-OH is 1. The molecule has 0 aromatic heterocycles. The summed E-state index contributed by atoms with van der Waals surface area (Å²) in [6, 6.07) is -0.961. The molecular weight excluding hydrogens is 364 g/mol. The second-order valence-corrected chi connectivity index (χ2v) is 9.16. The maximum atomic E-state index is 12.7. The number of carbonyl (C=O) groups is 3. The minimum Gasteiger partial charge on any atom is -0.447 e. The molecule has 0 saturated carbocycles. The van der Waals surface area contributed by atoms with Crippen LogP contribution in [0.5, 0.6) is 0 Å². The number of aliphatic hydroxyl groups is 1. The lowest BCUT2D eigenvalue weighted by atomic mass is 9.91. The van der Waals surface area contributed by atoms with Crippen molar-refractivity contribution in [3.05, 3.63) is 0 Å². The molecule has 28 heavy (non-hydrogen) atoms. The SMILES string of the molecule is CC(C)[C@H]1COC(=O)N1C(=O)C[C@H](O)[C@H]1CCC[C@H](C)N1C(=O)OC(C)(C)C. The van der Waals surface area contributed by atoms with Crippen molar-refractivity contribution in [3.63, 3.8) is 0 Å². The van der Waals surface area contributed by atoms with Crippen LogP contribution in [0.3, 0.4) is 0 Å². The fourth-order valence-corrected chi connectivity index (χ4v) is 3.86. The Hall–Kier alpha value is -1.83. The first-order valence-electron chi connectivity index (χ1n) is 10.1. The Morgan fingerprint density at radius 1 is 1.25 bits per heavy atom. The number of carbonyl (C=O) groups excluding carboxylic acids is 3. The van der Waals surface area contributed by atoms with E-state index in [0.717, 1.165) is 17.7 Å². The Morgan fingerprint density at radius 2 is 1.89 bits per heavy atom. The van der Waals surface area contributed by atoms with Crippen LogP contribution < -0.4 is 0 Å². The highest BCUT2D eigenvalue weighted by molar-refractivity contribution is 5.93. The summed E-state index contributed by atoms with van der Waals surface area (Å²) < 4.78 is 10.5. The van der Waals surface area contributed by atoms with Crippen LogP contribution in [-0.2, 0) is 14.3 Å². The molecule has 1 N–H and O–H groups in total. The number of ether oxygens (including phenoxy) is 2. The maximum Gasteiger partial charge on any atom is 0.416 e. The first kappa shape index (κ1) is 22.5. The van der Waals surface area contributed by atoms with Gasteiger partial charge in [-0.1, -0.05) is 13.8 Å². The van der Waals surface area contributed by atoms with E-state index in [0.29, 0.717) is 6.42 Å². The van der Waals surface area contributed by atoms with Crippen LogP contribution >= 0.6 is 0 Å². The van der Waals surface area contributed by atoms with Gasteiger partial charge in [0.15, 0.2) is 0 Å². The van der Waals surface area contributed by atoms with E-state index in [9.17, 15) is 19.5 Å². The van der Waals surface area contributed by atoms with Crippen LogP contribution in [0.1, 0.15) is 67.2 Å². The normalized spacial score (nSPS) is 27.0. The van der Waals surface area contributed by atoms with Gasteiger partial charge in [0.25, 0.3) is 0 Å². The summed E-state index contributed by atoms with van der Waals surface area (Å²) in [5, 5.41) is 10.8. The van der Waals surface area contributed by atoms with Gasteiger partial charge in [-0.05, 0) is 52.9 Å². The molecule has 0 radical (unpaired) electrons. The molecule has 0 aromatic carbocycles. The summed E-state index contributed by atoms with van der Waals surface area (Å²) in [6.45, 7) is 11.3. The number of amides is 3. The number of likely N-dealkylation sites (tertiary alicyclic amines) is 1. The number of rotatable bonds is 4. The number of nitrogens with zero attached hydrogens (tertiary/aromatic N) is 2. The molecule has 8 nitrogen and oxygen atoms in total. The molecule has 0 aliphatic carbocycles. The largest absolute Gasteiger partial charge is 0.447 e. The Kier molecular flexibility index (Phi) is 6.96. The van der Waals surface area contributed by atoms with Crippen molar-refractivity contribution in [3.8, 4) is 0 Å². The molecule has 2 aliphatic heterocycles. The molecule has 2 heterocycles. The molecule has 0 spiro atoms. The monoisotopic (exact) mass is 398 g/mol. The summed E-state index contributed by atoms with van der Waals surface area (Å²) in [6.07, 6.45) is -0.246. The van der Waals surface area contributed by atoms with E-state index in [2.05, 4.69) is 0 Å². The van der Waals surface area contributed by atoms with Crippen LogP contribution in [-0.4, -0.2) is 69.4 Å². The van der Waals surface area contributed by atoms with Gasteiger partial charge in [0, 0.05) is 6.04 Å². The fourth-order valence-electron chi connectivity index (χ4n) is 3.86. The molecule has 0 bridgehead atoms. The quantitative estimate of drug-likeness (QED) is 0.782. The standard InChI is InChI=1S/C20H34N2O6/c1-12(2)15-11-27-18(25)22(15)17(24)10-16(23)14-9-7-8-13(3)21(14)19(26)28-20(4,5)6/h12-16,23H,7-11H2,1-6H3/t13-,14+,15+,16-/m0/s1. The molecule has 2 rings (SSSR count). The van der Waals surface area contributed by atoms with E-state index in [4.69, 9.17) is 9.47 Å². The van der Waals surface area contributed by atoms with Crippen LogP contribution in [0.15, 0.2) is 0 Å². The van der Waals surface area contributed by atoms with Crippen molar-refractivity contribution >= 4 is 18.1 Å². The lowest BCUT2D eigenvalue weighted by Gasteiger charge is -2.43. The minimum atomic E-state index is -1.08. The summed E-state index contributed by atoms with van der Waals surface area (Å²) >= 11 is 0. The van der Waals surface area contributed by atoms with Crippen LogP contribution in [0, 0.1) is 5.92 Å². The van der Waals surface area contributed by atoms with E-state index in [1.807, 2.05) is 20.8 Å². The lowest BCUT2D eigenvalue weighted by molar-refractivity contribution is -0.133. The molecule has 8 heteroatoms. The molecule has 160 valence electrons. The zero-order chi connectivity index (χ0) is 21.2. The van der Waals surface area contributed by atoms with Gasteiger partial charge in [-0.15, -0.1) is 0 Å². The number of piperidine rings is 1. The van der Waals surface area contributed by atoms with Crippen molar-refractivity contribution in [2.24, 2.45) is 5.92 Å². The summed E-state index contributed by atoms with van der Waals surface area (Å²) in [7, 11) is 0. The van der Waals surface area contributed by atoms with E-state index in [-0.39, 0.29) is 31.0 Å². The van der Waals surface area contributed by atoms with Crippen molar-refractivity contribution < 1.29 is 29.0 Å². The zero-order valence-corrected chi connectivity index (χ0v) is 17.8. The highest BCUT2D eigenvalue weighted by Crippen LogP contribution is 2.29. The highest BCUT2D eigenvalue weighted by atomic mass is 16.6. The number of hydrogen-bond acceptors (Lipinski definition) is 6. The molecule has 4 atom stereocenters. The summed E-state index contributed by atoms with van der Waals surface area (Å²) in [4.78, 5) is 40.1. The smallest absolute Gasteiger partial charge is 0.416 e. The van der Waals surface area contributed by atoms with Gasteiger partial charge in [0.2, 0.25) is 5.91 Å². The molecule has 0 aromatic rings. The van der Waals surface area contributed by atoms with E-state index in [1.54, 1.807) is 25.7 Å². The molecule has 2 saturated heterocycles. The summed E-state index contributed by atoms with van der Waals surface area (Å²) in [5.74, 6) is -0.420. The third-order valence-corrected chi connectivity index (χ3v) is 5.33. The van der Waals surface area contributed by atoms with Gasteiger partial charge in [-0.25, -0.2) is 14.5 Å².